The second kappa shape index (κ2) is 11.0. The van der Waals surface area contributed by atoms with Crippen molar-refractivity contribution < 1.29 is 18.3 Å². The molecule has 0 aromatic heterocycles. The molecule has 6 heteroatoms. The number of carbonyl (C=O) groups is 1. The molecule has 0 bridgehead atoms. The highest BCUT2D eigenvalue weighted by molar-refractivity contribution is 7.92. The van der Waals surface area contributed by atoms with E-state index in [1.54, 1.807) is 24.3 Å². The van der Waals surface area contributed by atoms with Gasteiger partial charge in [-0.3, -0.25) is 4.72 Å². The Bertz CT molecular complexity index is 974. The molecule has 0 fully saturated rings. The first kappa shape index (κ1) is 22.2. The van der Waals surface area contributed by atoms with Crippen molar-refractivity contribution in [2.75, 3.05) is 11.0 Å². The van der Waals surface area contributed by atoms with Gasteiger partial charge >= 0.3 is 5.97 Å². The second-order valence-corrected chi connectivity index (χ2v) is 8.29. The van der Waals surface area contributed by atoms with Crippen LogP contribution in [0, 0.1) is 0 Å². The van der Waals surface area contributed by atoms with Crippen LogP contribution in [0.3, 0.4) is 0 Å². The molecule has 29 heavy (non-hydrogen) atoms. The molecule has 2 N–H and O–H groups in total. The third-order valence-electron chi connectivity index (χ3n) is 4.09. The second-order valence-electron chi connectivity index (χ2n) is 6.54. The van der Waals surface area contributed by atoms with Crippen LogP contribution in [0.25, 0.3) is 0 Å². The number of carboxylic acids is 1. The Balaban J connectivity index is 0.000000426. The van der Waals surface area contributed by atoms with E-state index in [0.29, 0.717) is 5.69 Å². The van der Waals surface area contributed by atoms with Crippen LogP contribution in [-0.4, -0.2) is 25.7 Å². The lowest BCUT2D eigenvalue weighted by Gasteiger charge is -2.10. The van der Waals surface area contributed by atoms with Gasteiger partial charge in [0, 0.05) is 0 Å². The van der Waals surface area contributed by atoms with E-state index in [1.165, 1.54) is 0 Å². The quantitative estimate of drug-likeness (QED) is 0.594. The highest BCUT2D eigenvalue weighted by Gasteiger charge is 2.07. The number of anilines is 1. The van der Waals surface area contributed by atoms with Crippen LogP contribution >= 0.6 is 0 Å². The third kappa shape index (κ3) is 8.62. The molecule has 0 radical (unpaired) electrons. The molecule has 5 nitrogen and oxygen atoms in total. The predicted octanol–water partition coefficient (Wildman–Crippen LogP) is 4.62. The van der Waals surface area contributed by atoms with Gasteiger partial charge in [0.05, 0.1) is 17.5 Å². The minimum Gasteiger partial charge on any atom is -0.478 e. The van der Waals surface area contributed by atoms with Gasteiger partial charge in [-0.25, -0.2) is 13.2 Å². The summed E-state index contributed by atoms with van der Waals surface area (Å²) in [6, 6.07) is 26.1. The average molecular weight is 412 g/mol. The molecule has 3 aromatic carbocycles. The summed E-state index contributed by atoms with van der Waals surface area (Å²) >= 11 is 0. The van der Waals surface area contributed by atoms with E-state index < -0.39 is 16.0 Å². The van der Waals surface area contributed by atoms with Gasteiger partial charge in [-0.1, -0.05) is 66.7 Å². The van der Waals surface area contributed by atoms with Gasteiger partial charge in [0.15, 0.2) is 0 Å². The molecule has 0 aliphatic heterocycles. The molecular formula is C23H25NO4S. The summed E-state index contributed by atoms with van der Waals surface area (Å²) < 4.78 is 25.3. The van der Waals surface area contributed by atoms with Crippen molar-refractivity contribution in [3.05, 3.63) is 102 Å². The van der Waals surface area contributed by atoms with Crippen LogP contribution in [0.15, 0.2) is 84.9 Å². The van der Waals surface area contributed by atoms with Crippen LogP contribution in [0.2, 0.25) is 0 Å². The molecule has 0 aliphatic carbocycles. The molecule has 0 atom stereocenters. The van der Waals surface area contributed by atoms with E-state index in [9.17, 15) is 13.2 Å². The molecule has 0 unspecified atom stereocenters. The molecular weight excluding hydrogens is 386 g/mol. The number of sulfonamides is 1. The molecule has 152 valence electrons. The number of nitrogens with one attached hydrogen (secondary N) is 1. The van der Waals surface area contributed by atoms with Gasteiger partial charge in [-0.05, 0) is 48.6 Å². The van der Waals surface area contributed by atoms with Gasteiger partial charge in [-0.15, -0.1) is 0 Å². The fourth-order valence-corrected chi connectivity index (χ4v) is 3.32. The molecule has 3 aromatic rings. The van der Waals surface area contributed by atoms with Gasteiger partial charge < -0.3 is 5.11 Å². The Morgan fingerprint density at radius 2 is 1.38 bits per heavy atom. The number of para-hydroxylation sites is 1. The number of hydrogen-bond donors (Lipinski definition) is 2. The number of aryl methyl sites for hydroxylation is 2. The Labute approximate surface area is 172 Å². The van der Waals surface area contributed by atoms with Crippen molar-refractivity contribution in [3.63, 3.8) is 0 Å². The van der Waals surface area contributed by atoms with Crippen LogP contribution < -0.4 is 4.72 Å². The van der Waals surface area contributed by atoms with Gasteiger partial charge in [0.25, 0.3) is 0 Å². The fourth-order valence-electron chi connectivity index (χ4n) is 2.72. The van der Waals surface area contributed by atoms with Gasteiger partial charge in [0.1, 0.15) is 0 Å². The summed E-state index contributed by atoms with van der Waals surface area (Å²) in [7, 11) is -3.30. The van der Waals surface area contributed by atoms with Gasteiger partial charge in [-0.2, -0.15) is 0 Å². The summed E-state index contributed by atoms with van der Waals surface area (Å²) in [6.07, 6.45) is 3.51. The first-order chi connectivity index (χ1) is 13.8. The van der Waals surface area contributed by atoms with Crippen molar-refractivity contribution in [2.45, 2.75) is 19.3 Å². The summed E-state index contributed by atoms with van der Waals surface area (Å²) in [5, 5.41) is 8.87. The largest absolute Gasteiger partial charge is 0.478 e. The third-order valence-corrected chi connectivity index (χ3v) is 4.68. The monoisotopic (exact) mass is 411 g/mol. The number of hydrogen-bond acceptors (Lipinski definition) is 3. The van der Waals surface area contributed by atoms with E-state index >= 15 is 0 Å². The fraction of sp³-hybridized carbons (Fsp3) is 0.174. The summed E-state index contributed by atoms with van der Waals surface area (Å²) in [6.45, 7) is 0. The maximum absolute atomic E-state index is 11.4. The van der Waals surface area contributed by atoms with Crippen LogP contribution in [0.1, 0.15) is 27.9 Å². The number of aromatic carboxylic acids is 1. The zero-order valence-corrected chi connectivity index (χ0v) is 17.1. The summed E-state index contributed by atoms with van der Waals surface area (Å²) in [5.74, 6) is -0.933. The lowest BCUT2D eigenvalue weighted by atomic mass is 10.0. The van der Waals surface area contributed by atoms with Gasteiger partial charge in [0.2, 0.25) is 10.0 Å². The number of rotatable bonds is 7. The minimum atomic E-state index is -3.30. The van der Waals surface area contributed by atoms with E-state index in [2.05, 4.69) is 4.72 Å². The molecule has 0 saturated heterocycles. The molecule has 0 aliphatic rings. The maximum Gasteiger partial charge on any atom is 0.335 e. The zero-order chi connectivity index (χ0) is 21.1. The van der Waals surface area contributed by atoms with Crippen molar-refractivity contribution in [1.29, 1.82) is 0 Å². The van der Waals surface area contributed by atoms with Crippen molar-refractivity contribution in [3.8, 4) is 0 Å². The Hall–Kier alpha value is -3.12. The van der Waals surface area contributed by atoms with Crippen LogP contribution in [-0.2, 0) is 22.9 Å². The molecule has 3 rings (SSSR count). The molecule has 0 saturated carbocycles. The van der Waals surface area contributed by atoms with Crippen molar-refractivity contribution >= 4 is 21.7 Å². The summed E-state index contributed by atoms with van der Waals surface area (Å²) in [4.78, 5) is 10.8. The summed E-state index contributed by atoms with van der Waals surface area (Å²) in [5.41, 5.74) is 2.89. The number of carboxylic acid groups (broad SMARTS) is 1. The predicted molar refractivity (Wildman–Crippen MR) is 117 cm³/mol. The van der Waals surface area contributed by atoms with Crippen LogP contribution in [0.5, 0.6) is 0 Å². The Morgan fingerprint density at radius 3 is 1.90 bits per heavy atom. The Morgan fingerprint density at radius 1 is 0.828 bits per heavy atom. The highest BCUT2D eigenvalue weighted by Crippen LogP contribution is 2.19. The smallest absolute Gasteiger partial charge is 0.335 e. The zero-order valence-electron chi connectivity index (χ0n) is 16.3. The minimum absolute atomic E-state index is 0.274. The van der Waals surface area contributed by atoms with Crippen LogP contribution in [0.4, 0.5) is 5.69 Å². The first-order valence-electron chi connectivity index (χ1n) is 9.23. The van der Waals surface area contributed by atoms with E-state index in [0.717, 1.165) is 36.6 Å². The average Bonchev–Trinajstić information content (AvgIpc) is 2.70. The lowest BCUT2D eigenvalue weighted by Crippen LogP contribution is -2.11. The molecule has 0 amide bonds. The highest BCUT2D eigenvalue weighted by atomic mass is 32.2. The SMILES string of the molecule is CS(=O)(=O)Nc1ccccc1CCCc1ccc(C(=O)O)cc1.c1ccccc1. The first-order valence-corrected chi connectivity index (χ1v) is 11.1. The molecule has 0 heterocycles. The standard InChI is InChI=1S/C17H19NO4S.C6H6/c1-23(21,22)18-16-8-3-2-6-14(16)7-4-5-13-9-11-15(12-10-13)17(19)20;1-2-4-6-5-3-1/h2-3,6,8-12,18H,4-5,7H2,1H3,(H,19,20);1-6H. The lowest BCUT2D eigenvalue weighted by molar-refractivity contribution is 0.0697. The normalized spacial score (nSPS) is 10.5. The van der Waals surface area contributed by atoms with Crippen molar-refractivity contribution in [1.82, 2.24) is 0 Å². The van der Waals surface area contributed by atoms with E-state index in [-0.39, 0.29) is 5.56 Å². The van der Waals surface area contributed by atoms with E-state index in [4.69, 9.17) is 5.11 Å². The Kier molecular flexibility index (Phi) is 8.43. The van der Waals surface area contributed by atoms with E-state index in [1.807, 2.05) is 60.7 Å². The molecule has 0 spiro atoms. The maximum atomic E-state index is 11.4. The van der Waals surface area contributed by atoms with Crippen molar-refractivity contribution in [2.24, 2.45) is 0 Å². The topological polar surface area (TPSA) is 83.5 Å². The number of benzene rings is 3.